The molecule has 0 saturated carbocycles. The van der Waals surface area contributed by atoms with Gasteiger partial charge in [0.25, 0.3) is 0 Å². The molecule has 0 N–H and O–H groups in total. The molecule has 2 heteroatoms. The smallest absolute Gasteiger partial charge is 0.0662 e. The van der Waals surface area contributed by atoms with Crippen molar-refractivity contribution in [1.29, 1.82) is 5.26 Å². The molecule has 1 atom stereocenters. The fourth-order valence-electron chi connectivity index (χ4n) is 1.31. The number of hydrogen-bond donors (Lipinski definition) is 0. The lowest BCUT2D eigenvalue weighted by Gasteiger charge is -2.07. The maximum Gasteiger partial charge on any atom is 0.0662 e. The number of halogens is 1. The second-order valence-electron chi connectivity index (χ2n) is 3.15. The van der Waals surface area contributed by atoms with Crippen LogP contribution in [0.3, 0.4) is 0 Å². The third kappa shape index (κ3) is 3.01. The summed E-state index contributed by atoms with van der Waals surface area (Å²) >= 11 is 3.47. The first-order valence-electron chi connectivity index (χ1n) is 4.52. The van der Waals surface area contributed by atoms with Crippen LogP contribution in [0.1, 0.15) is 12.0 Å². The first-order valence-corrected chi connectivity index (χ1v) is 5.31. The van der Waals surface area contributed by atoms with Gasteiger partial charge in [0, 0.05) is 4.47 Å². The molecule has 1 unspecified atom stereocenters. The maximum atomic E-state index is 8.90. The molecule has 0 amide bonds. The molecule has 1 aromatic rings. The van der Waals surface area contributed by atoms with Crippen LogP contribution in [0.25, 0.3) is 0 Å². The van der Waals surface area contributed by atoms with Crippen molar-refractivity contribution < 1.29 is 0 Å². The van der Waals surface area contributed by atoms with E-state index in [4.69, 9.17) is 5.26 Å². The highest BCUT2D eigenvalue weighted by molar-refractivity contribution is 9.10. The van der Waals surface area contributed by atoms with E-state index in [1.54, 1.807) is 6.08 Å². The highest BCUT2D eigenvalue weighted by Gasteiger charge is 2.08. The molecule has 0 radical (unpaired) electrons. The normalized spacial score (nSPS) is 11.7. The van der Waals surface area contributed by atoms with E-state index in [1.807, 2.05) is 24.3 Å². The van der Waals surface area contributed by atoms with Crippen LogP contribution in [0, 0.1) is 17.2 Å². The van der Waals surface area contributed by atoms with E-state index in [2.05, 4.69) is 28.6 Å². The number of allylic oxidation sites excluding steroid dienone is 1. The van der Waals surface area contributed by atoms with E-state index >= 15 is 0 Å². The summed E-state index contributed by atoms with van der Waals surface area (Å²) in [7, 11) is 0. The van der Waals surface area contributed by atoms with Crippen molar-refractivity contribution in [3.63, 3.8) is 0 Å². The van der Waals surface area contributed by atoms with Crippen molar-refractivity contribution >= 4 is 15.9 Å². The molecule has 0 heterocycles. The predicted molar refractivity (Wildman–Crippen MR) is 61.8 cm³/mol. The molecule has 0 aliphatic carbocycles. The van der Waals surface area contributed by atoms with Crippen LogP contribution in [0.2, 0.25) is 0 Å². The summed E-state index contributed by atoms with van der Waals surface area (Å²) in [6, 6.07) is 10.3. The number of nitriles is 1. The Hall–Kier alpha value is -1.07. The fourth-order valence-corrected chi connectivity index (χ4v) is 1.76. The zero-order valence-electron chi connectivity index (χ0n) is 7.91. The van der Waals surface area contributed by atoms with Crippen LogP contribution in [0.15, 0.2) is 41.4 Å². The Labute approximate surface area is 93.2 Å². The van der Waals surface area contributed by atoms with E-state index < -0.39 is 0 Å². The SMILES string of the molecule is C=CCC(C#N)Cc1ccccc1Br. The molecule has 0 fully saturated rings. The minimum absolute atomic E-state index is 0.0335. The standard InChI is InChI=1S/C12H12BrN/c1-2-5-10(9-14)8-11-6-3-4-7-12(11)13/h2-4,6-7,10H,1,5,8H2. The largest absolute Gasteiger partial charge is 0.198 e. The van der Waals surface area contributed by atoms with Gasteiger partial charge in [-0.3, -0.25) is 0 Å². The van der Waals surface area contributed by atoms with Crippen LogP contribution in [0.4, 0.5) is 0 Å². The number of benzene rings is 1. The summed E-state index contributed by atoms with van der Waals surface area (Å²) in [5.74, 6) is 0.0335. The zero-order valence-corrected chi connectivity index (χ0v) is 9.50. The third-order valence-electron chi connectivity index (χ3n) is 2.06. The molecule has 0 bridgehead atoms. The van der Waals surface area contributed by atoms with E-state index in [9.17, 15) is 0 Å². The van der Waals surface area contributed by atoms with Crippen LogP contribution < -0.4 is 0 Å². The lowest BCUT2D eigenvalue weighted by molar-refractivity contribution is 0.672. The van der Waals surface area contributed by atoms with Gasteiger partial charge in [-0.05, 0) is 24.5 Å². The molecule has 0 aliphatic heterocycles. The first kappa shape index (κ1) is 11.0. The quantitative estimate of drug-likeness (QED) is 0.747. The van der Waals surface area contributed by atoms with Crippen LogP contribution >= 0.6 is 15.9 Å². The van der Waals surface area contributed by atoms with E-state index in [0.717, 1.165) is 17.3 Å². The van der Waals surface area contributed by atoms with Gasteiger partial charge in [-0.1, -0.05) is 40.2 Å². The second-order valence-corrected chi connectivity index (χ2v) is 4.00. The van der Waals surface area contributed by atoms with Gasteiger partial charge in [0.05, 0.1) is 12.0 Å². The second kappa shape index (κ2) is 5.62. The minimum atomic E-state index is 0.0335. The average molecular weight is 250 g/mol. The molecule has 0 spiro atoms. The summed E-state index contributed by atoms with van der Waals surface area (Å²) in [5.41, 5.74) is 1.18. The Balaban J connectivity index is 2.72. The van der Waals surface area contributed by atoms with Gasteiger partial charge < -0.3 is 0 Å². The number of nitrogens with zero attached hydrogens (tertiary/aromatic N) is 1. The first-order chi connectivity index (χ1) is 6.77. The third-order valence-corrected chi connectivity index (χ3v) is 2.83. The number of hydrogen-bond acceptors (Lipinski definition) is 1. The summed E-state index contributed by atoms with van der Waals surface area (Å²) in [5, 5.41) is 8.90. The van der Waals surface area contributed by atoms with Gasteiger partial charge in [0.1, 0.15) is 0 Å². The van der Waals surface area contributed by atoms with Crippen LogP contribution in [-0.4, -0.2) is 0 Å². The molecule has 72 valence electrons. The predicted octanol–water partition coefficient (Wildman–Crippen LogP) is 3.71. The Morgan fingerprint density at radius 3 is 2.79 bits per heavy atom. The van der Waals surface area contributed by atoms with Crippen molar-refractivity contribution in [2.75, 3.05) is 0 Å². The molecular weight excluding hydrogens is 238 g/mol. The van der Waals surface area contributed by atoms with Crippen molar-refractivity contribution in [2.45, 2.75) is 12.8 Å². The van der Waals surface area contributed by atoms with Gasteiger partial charge in [-0.15, -0.1) is 6.58 Å². The fraction of sp³-hybridized carbons (Fsp3) is 0.250. The maximum absolute atomic E-state index is 8.90. The lowest BCUT2D eigenvalue weighted by Crippen LogP contribution is -2.00. The molecule has 0 aliphatic rings. The van der Waals surface area contributed by atoms with Crippen molar-refractivity contribution in [3.05, 3.63) is 47.0 Å². The average Bonchev–Trinajstić information content (AvgIpc) is 2.20. The van der Waals surface area contributed by atoms with E-state index in [-0.39, 0.29) is 5.92 Å². The summed E-state index contributed by atoms with van der Waals surface area (Å²) in [4.78, 5) is 0. The Bertz CT molecular complexity index is 352. The van der Waals surface area contributed by atoms with Gasteiger partial charge >= 0.3 is 0 Å². The summed E-state index contributed by atoms with van der Waals surface area (Å²) < 4.78 is 1.07. The molecule has 1 aromatic carbocycles. The molecule has 0 saturated heterocycles. The van der Waals surface area contributed by atoms with Crippen molar-refractivity contribution in [1.82, 2.24) is 0 Å². The zero-order chi connectivity index (χ0) is 10.4. The highest BCUT2D eigenvalue weighted by Crippen LogP contribution is 2.20. The van der Waals surface area contributed by atoms with Crippen molar-refractivity contribution in [3.8, 4) is 6.07 Å². The highest BCUT2D eigenvalue weighted by atomic mass is 79.9. The Morgan fingerprint density at radius 2 is 2.21 bits per heavy atom. The molecule has 1 nitrogen and oxygen atoms in total. The Morgan fingerprint density at radius 1 is 1.50 bits per heavy atom. The lowest BCUT2D eigenvalue weighted by atomic mass is 9.98. The van der Waals surface area contributed by atoms with Gasteiger partial charge in [0.15, 0.2) is 0 Å². The van der Waals surface area contributed by atoms with Gasteiger partial charge in [-0.25, -0.2) is 0 Å². The summed E-state index contributed by atoms with van der Waals surface area (Å²) in [6.07, 6.45) is 3.33. The topological polar surface area (TPSA) is 23.8 Å². The molecule has 0 aromatic heterocycles. The molecule has 14 heavy (non-hydrogen) atoms. The molecular formula is C12H12BrN. The number of rotatable bonds is 4. The van der Waals surface area contributed by atoms with Crippen LogP contribution in [0.5, 0.6) is 0 Å². The summed E-state index contributed by atoms with van der Waals surface area (Å²) in [6.45, 7) is 3.65. The van der Waals surface area contributed by atoms with E-state index in [0.29, 0.717) is 0 Å². The van der Waals surface area contributed by atoms with Crippen LogP contribution in [-0.2, 0) is 6.42 Å². The van der Waals surface area contributed by atoms with Gasteiger partial charge in [0.2, 0.25) is 0 Å². The van der Waals surface area contributed by atoms with Crippen molar-refractivity contribution in [2.24, 2.45) is 5.92 Å². The van der Waals surface area contributed by atoms with E-state index in [1.165, 1.54) is 5.56 Å². The van der Waals surface area contributed by atoms with Gasteiger partial charge in [-0.2, -0.15) is 5.26 Å². The minimum Gasteiger partial charge on any atom is -0.198 e. The monoisotopic (exact) mass is 249 g/mol. The molecule has 1 rings (SSSR count). The Kier molecular flexibility index (Phi) is 4.42.